The zero-order valence-electron chi connectivity index (χ0n) is 18.2. The van der Waals surface area contributed by atoms with Gasteiger partial charge in [0.25, 0.3) is 0 Å². The minimum Gasteiger partial charge on any atom is -0.493 e. The molecule has 0 bridgehead atoms. The zero-order valence-corrected chi connectivity index (χ0v) is 19.8. The summed E-state index contributed by atoms with van der Waals surface area (Å²) in [5.41, 5.74) is 0.754. The van der Waals surface area contributed by atoms with Gasteiger partial charge in [-0.2, -0.15) is 0 Å². The van der Waals surface area contributed by atoms with E-state index in [4.69, 9.17) is 25.8 Å². The number of methoxy groups -OCH3 is 1. The maximum atomic E-state index is 12.4. The Hall–Kier alpha value is -2.38. The van der Waals surface area contributed by atoms with E-state index in [-0.39, 0.29) is 30.4 Å². The van der Waals surface area contributed by atoms with E-state index in [2.05, 4.69) is 0 Å². The number of ketones is 1. The third kappa shape index (κ3) is 6.81. The minimum atomic E-state index is -0.358. The minimum absolute atomic E-state index is 0.0188. The predicted octanol–water partition coefficient (Wildman–Crippen LogP) is 5.25. The number of ether oxygens (including phenoxy) is 3. The quantitative estimate of drug-likeness (QED) is 0.434. The van der Waals surface area contributed by atoms with Crippen molar-refractivity contribution in [3.05, 3.63) is 50.7 Å². The lowest BCUT2D eigenvalue weighted by atomic mass is 9.91. The third-order valence-electron chi connectivity index (χ3n) is 5.57. The molecule has 0 amide bonds. The molecule has 0 radical (unpaired) electrons. The van der Waals surface area contributed by atoms with Crippen molar-refractivity contribution in [2.24, 2.45) is 11.8 Å². The van der Waals surface area contributed by atoms with E-state index in [1.54, 1.807) is 24.3 Å². The van der Waals surface area contributed by atoms with Gasteiger partial charge in [0.1, 0.15) is 23.0 Å². The molecular weight excluding hydrogens is 452 g/mol. The number of carbonyl (C=O) groups is 3. The molecule has 2 aromatic rings. The highest BCUT2D eigenvalue weighted by Gasteiger charge is 2.34. The summed E-state index contributed by atoms with van der Waals surface area (Å²) in [5, 5.41) is 0.506. The number of thiophene rings is 1. The standard InChI is InChI=1S/C24H27ClO6S/c1-15(26)30-13-16-10-18(25)12-19(11-16)31-14-17-6-8-22(27)21(17)5-3-4-20-7-9-23(32-20)24(28)29-2/h7,9-12,17,21H,3-6,8,13-14H2,1-2H3/t17-,21?/m1/s1. The first-order valence-electron chi connectivity index (χ1n) is 10.6. The normalized spacial score (nSPS) is 17.9. The predicted molar refractivity (Wildman–Crippen MR) is 122 cm³/mol. The second-order valence-electron chi connectivity index (χ2n) is 7.91. The van der Waals surface area contributed by atoms with Crippen LogP contribution in [0.3, 0.4) is 0 Å². The first-order valence-corrected chi connectivity index (χ1v) is 11.8. The second kappa shape index (κ2) is 11.5. The number of hydrogen-bond donors (Lipinski definition) is 0. The van der Waals surface area contributed by atoms with E-state index in [9.17, 15) is 14.4 Å². The van der Waals surface area contributed by atoms with Crippen molar-refractivity contribution in [3.63, 3.8) is 0 Å². The summed E-state index contributed by atoms with van der Waals surface area (Å²) in [4.78, 5) is 36.8. The summed E-state index contributed by atoms with van der Waals surface area (Å²) in [5.74, 6) is 0.362. The number of hydrogen-bond acceptors (Lipinski definition) is 7. The van der Waals surface area contributed by atoms with Crippen LogP contribution in [0.25, 0.3) is 0 Å². The monoisotopic (exact) mass is 478 g/mol. The smallest absolute Gasteiger partial charge is 0.348 e. The lowest BCUT2D eigenvalue weighted by Gasteiger charge is -2.19. The van der Waals surface area contributed by atoms with E-state index in [1.807, 2.05) is 6.07 Å². The Kier molecular flexibility index (Phi) is 8.70. The van der Waals surface area contributed by atoms with Gasteiger partial charge in [-0.05, 0) is 61.6 Å². The van der Waals surface area contributed by atoms with E-state index in [0.717, 1.165) is 36.1 Å². The average Bonchev–Trinajstić information content (AvgIpc) is 3.37. The summed E-state index contributed by atoms with van der Waals surface area (Å²) in [6, 6.07) is 8.98. The van der Waals surface area contributed by atoms with Crippen molar-refractivity contribution in [1.29, 1.82) is 0 Å². The summed E-state index contributed by atoms with van der Waals surface area (Å²) >= 11 is 7.60. The molecule has 0 spiro atoms. The van der Waals surface area contributed by atoms with Crippen molar-refractivity contribution in [2.45, 2.75) is 45.6 Å². The van der Waals surface area contributed by atoms with Gasteiger partial charge in [-0.15, -0.1) is 11.3 Å². The third-order valence-corrected chi connectivity index (χ3v) is 6.91. The summed E-state index contributed by atoms with van der Waals surface area (Å²) in [6.45, 7) is 1.93. The Balaban J connectivity index is 1.52. The molecule has 172 valence electrons. The van der Waals surface area contributed by atoms with Crippen LogP contribution in [0, 0.1) is 11.8 Å². The fraction of sp³-hybridized carbons (Fsp3) is 0.458. The number of benzene rings is 1. The molecule has 8 heteroatoms. The van der Waals surface area contributed by atoms with Crippen LogP contribution in [0.15, 0.2) is 30.3 Å². The van der Waals surface area contributed by atoms with Crippen LogP contribution in [0.4, 0.5) is 0 Å². The van der Waals surface area contributed by atoms with Gasteiger partial charge in [0, 0.05) is 35.1 Å². The molecule has 1 saturated carbocycles. The molecule has 3 rings (SSSR count). The highest BCUT2D eigenvalue weighted by atomic mass is 35.5. The Bertz CT molecular complexity index is 969. The summed E-state index contributed by atoms with van der Waals surface area (Å²) in [6.07, 6.45) is 3.89. The van der Waals surface area contributed by atoms with E-state index in [1.165, 1.54) is 25.4 Å². The first-order chi connectivity index (χ1) is 15.4. The van der Waals surface area contributed by atoms with Crippen LogP contribution in [-0.2, 0) is 32.1 Å². The highest BCUT2D eigenvalue weighted by Crippen LogP contribution is 2.34. The second-order valence-corrected chi connectivity index (χ2v) is 9.51. The molecule has 0 saturated heterocycles. The number of esters is 2. The van der Waals surface area contributed by atoms with E-state index in [0.29, 0.717) is 34.5 Å². The van der Waals surface area contributed by atoms with E-state index >= 15 is 0 Å². The van der Waals surface area contributed by atoms with Gasteiger partial charge in [0.05, 0.1) is 13.7 Å². The molecule has 1 unspecified atom stereocenters. The fourth-order valence-electron chi connectivity index (χ4n) is 3.97. The van der Waals surface area contributed by atoms with E-state index < -0.39 is 0 Å². The highest BCUT2D eigenvalue weighted by molar-refractivity contribution is 7.13. The Morgan fingerprint density at radius 2 is 2.03 bits per heavy atom. The fourth-order valence-corrected chi connectivity index (χ4v) is 5.18. The summed E-state index contributed by atoms with van der Waals surface area (Å²) in [7, 11) is 1.37. The van der Waals surface area contributed by atoms with Crippen LogP contribution in [0.1, 0.15) is 52.7 Å². The summed E-state index contributed by atoms with van der Waals surface area (Å²) < 4.78 is 15.8. The lowest BCUT2D eigenvalue weighted by Crippen LogP contribution is -2.21. The number of halogens is 1. The maximum Gasteiger partial charge on any atom is 0.348 e. The van der Waals surface area contributed by atoms with Crippen LogP contribution < -0.4 is 4.74 Å². The van der Waals surface area contributed by atoms with Crippen LogP contribution >= 0.6 is 22.9 Å². The van der Waals surface area contributed by atoms with Crippen LogP contribution in [0.2, 0.25) is 5.02 Å². The van der Waals surface area contributed by atoms with Gasteiger partial charge in [0.15, 0.2) is 0 Å². The number of carbonyl (C=O) groups excluding carboxylic acids is 3. The molecule has 1 heterocycles. The number of Topliss-reactive ketones (excluding diaryl/α,β-unsaturated/α-hetero) is 1. The molecule has 1 aromatic heterocycles. The SMILES string of the molecule is COC(=O)c1ccc(CCCC2C(=O)CC[C@@H]2COc2cc(Cl)cc(COC(C)=O)c2)s1. The molecule has 1 aliphatic carbocycles. The average molecular weight is 479 g/mol. The molecule has 0 N–H and O–H groups in total. The van der Waals surface area contributed by atoms with Crippen LogP contribution in [0.5, 0.6) is 5.75 Å². The lowest BCUT2D eigenvalue weighted by molar-refractivity contribution is -0.142. The molecule has 1 aliphatic rings. The van der Waals surface area contributed by atoms with Crippen molar-refractivity contribution in [1.82, 2.24) is 0 Å². The maximum absolute atomic E-state index is 12.4. The molecule has 6 nitrogen and oxygen atoms in total. The van der Waals surface area contributed by atoms with Gasteiger partial charge >= 0.3 is 11.9 Å². The van der Waals surface area contributed by atoms with Crippen molar-refractivity contribution < 1.29 is 28.6 Å². The Morgan fingerprint density at radius 1 is 1.22 bits per heavy atom. The number of aryl methyl sites for hydroxylation is 1. The van der Waals surface area contributed by atoms with Crippen LogP contribution in [-0.4, -0.2) is 31.4 Å². The van der Waals surface area contributed by atoms with Crippen molar-refractivity contribution in [3.8, 4) is 5.75 Å². The zero-order chi connectivity index (χ0) is 23.1. The van der Waals surface area contributed by atoms with Gasteiger partial charge in [0.2, 0.25) is 0 Å². The molecule has 32 heavy (non-hydrogen) atoms. The molecule has 0 aliphatic heterocycles. The van der Waals surface area contributed by atoms with Gasteiger partial charge in [-0.1, -0.05) is 11.6 Å². The topological polar surface area (TPSA) is 78.9 Å². The first kappa shape index (κ1) is 24.3. The molecule has 2 atom stereocenters. The molecule has 1 aromatic carbocycles. The Labute approximate surface area is 196 Å². The largest absolute Gasteiger partial charge is 0.493 e. The van der Waals surface area contributed by atoms with Gasteiger partial charge < -0.3 is 14.2 Å². The van der Waals surface area contributed by atoms with Gasteiger partial charge in [-0.25, -0.2) is 4.79 Å². The molecular formula is C24H27ClO6S. The number of rotatable bonds is 10. The van der Waals surface area contributed by atoms with Gasteiger partial charge in [-0.3, -0.25) is 9.59 Å². The van der Waals surface area contributed by atoms with Crippen molar-refractivity contribution >= 4 is 40.7 Å². The van der Waals surface area contributed by atoms with Crippen molar-refractivity contribution in [2.75, 3.05) is 13.7 Å². The Morgan fingerprint density at radius 3 is 2.78 bits per heavy atom. The molecule has 1 fully saturated rings.